The van der Waals surface area contributed by atoms with Crippen molar-refractivity contribution in [3.8, 4) is 11.3 Å². The Bertz CT molecular complexity index is 931. The van der Waals surface area contributed by atoms with E-state index in [0.29, 0.717) is 6.54 Å². The summed E-state index contributed by atoms with van der Waals surface area (Å²) in [5.41, 5.74) is 4.81. The summed E-state index contributed by atoms with van der Waals surface area (Å²) in [5.74, 6) is 0. The molecule has 0 fully saturated rings. The molecule has 4 nitrogen and oxygen atoms in total. The molecule has 1 aromatic carbocycles. The third-order valence-corrected chi connectivity index (χ3v) is 4.82. The second-order valence-electron chi connectivity index (χ2n) is 5.82. The van der Waals surface area contributed by atoms with Gasteiger partial charge >= 0.3 is 0 Å². The zero-order chi connectivity index (χ0) is 17.1. The molecule has 0 aliphatic heterocycles. The van der Waals surface area contributed by atoms with E-state index in [4.69, 9.17) is 0 Å². The summed E-state index contributed by atoms with van der Waals surface area (Å²) in [6.07, 6.45) is 4.65. The second kappa shape index (κ2) is 7.01. The van der Waals surface area contributed by atoms with Gasteiger partial charge in [0.05, 0.1) is 30.5 Å². The topological polar surface area (TPSA) is 50.9 Å². The number of hydrogen-bond acceptors (Lipinski definition) is 4. The summed E-state index contributed by atoms with van der Waals surface area (Å²) in [5, 5.41) is 14.8. The molecule has 0 radical (unpaired) electrons. The highest BCUT2D eigenvalue weighted by Gasteiger charge is 2.15. The molecule has 124 valence electrons. The lowest BCUT2D eigenvalue weighted by molar-refractivity contribution is 0.210. The maximum Gasteiger partial charge on any atom is 0.121 e. The molecule has 0 aliphatic rings. The van der Waals surface area contributed by atoms with Gasteiger partial charge in [0.25, 0.3) is 0 Å². The summed E-state index contributed by atoms with van der Waals surface area (Å²) in [4.78, 5) is 8.75. The number of aliphatic hydroxyl groups is 1. The predicted molar refractivity (Wildman–Crippen MR) is 99.4 cm³/mol. The standard InChI is InChI=1S/C20H17N3OS/c24-20(16-4-2-1-3-5-16)19-11-21-14-23(19)12-15-6-7-18(22-10-15)17-8-9-25-13-17/h1-11,13-14,20,24H,12H2. The fourth-order valence-corrected chi connectivity index (χ4v) is 3.44. The minimum atomic E-state index is -0.693. The second-order valence-corrected chi connectivity index (χ2v) is 6.60. The van der Waals surface area contributed by atoms with Gasteiger partial charge in [0.1, 0.15) is 6.10 Å². The average Bonchev–Trinajstić information content (AvgIpc) is 3.35. The molecule has 4 aromatic rings. The van der Waals surface area contributed by atoms with E-state index in [2.05, 4.69) is 27.5 Å². The minimum absolute atomic E-state index is 0.621. The molecule has 0 aliphatic carbocycles. The number of aromatic nitrogens is 3. The van der Waals surface area contributed by atoms with E-state index in [-0.39, 0.29) is 0 Å². The van der Waals surface area contributed by atoms with Crippen LogP contribution in [0, 0.1) is 0 Å². The van der Waals surface area contributed by atoms with E-state index in [0.717, 1.165) is 28.1 Å². The maximum absolute atomic E-state index is 10.6. The molecule has 3 aromatic heterocycles. The maximum atomic E-state index is 10.6. The molecule has 5 heteroatoms. The van der Waals surface area contributed by atoms with E-state index in [1.165, 1.54) is 0 Å². The summed E-state index contributed by atoms with van der Waals surface area (Å²) < 4.78 is 1.96. The van der Waals surface area contributed by atoms with Gasteiger partial charge in [-0.2, -0.15) is 11.3 Å². The number of benzene rings is 1. The number of hydrogen-bond donors (Lipinski definition) is 1. The Hall–Kier alpha value is -2.76. The van der Waals surface area contributed by atoms with Crippen LogP contribution in [0.4, 0.5) is 0 Å². The fourth-order valence-electron chi connectivity index (χ4n) is 2.79. The first kappa shape index (κ1) is 15.7. The molecule has 0 amide bonds. The van der Waals surface area contributed by atoms with Crippen LogP contribution in [-0.4, -0.2) is 19.6 Å². The number of aliphatic hydroxyl groups excluding tert-OH is 1. The van der Waals surface area contributed by atoms with Crippen LogP contribution in [-0.2, 0) is 6.54 Å². The molecule has 4 rings (SSSR count). The van der Waals surface area contributed by atoms with Crippen molar-refractivity contribution in [2.45, 2.75) is 12.6 Å². The third kappa shape index (κ3) is 3.38. The summed E-state index contributed by atoms with van der Waals surface area (Å²) in [7, 11) is 0. The lowest BCUT2D eigenvalue weighted by Crippen LogP contribution is -2.09. The van der Waals surface area contributed by atoms with Crippen LogP contribution in [0.25, 0.3) is 11.3 Å². The highest BCUT2D eigenvalue weighted by atomic mass is 32.1. The molecular formula is C20H17N3OS. The monoisotopic (exact) mass is 347 g/mol. The van der Waals surface area contributed by atoms with Crippen molar-refractivity contribution < 1.29 is 5.11 Å². The molecule has 0 spiro atoms. The van der Waals surface area contributed by atoms with Crippen LogP contribution in [0.15, 0.2) is 78.0 Å². The Morgan fingerprint density at radius 3 is 2.64 bits per heavy atom. The lowest BCUT2D eigenvalue weighted by Gasteiger charge is -2.14. The number of thiophene rings is 1. The first-order valence-corrected chi connectivity index (χ1v) is 8.96. The Morgan fingerprint density at radius 1 is 1.04 bits per heavy atom. The normalized spacial score (nSPS) is 12.2. The van der Waals surface area contributed by atoms with E-state index in [1.807, 2.05) is 52.5 Å². The van der Waals surface area contributed by atoms with E-state index in [1.54, 1.807) is 23.9 Å². The van der Waals surface area contributed by atoms with Crippen molar-refractivity contribution in [1.82, 2.24) is 14.5 Å². The fraction of sp³-hybridized carbons (Fsp3) is 0.100. The summed E-state index contributed by atoms with van der Waals surface area (Å²) in [6.45, 7) is 0.621. The predicted octanol–water partition coefficient (Wildman–Crippen LogP) is 4.14. The van der Waals surface area contributed by atoms with Gasteiger partial charge in [-0.05, 0) is 28.6 Å². The van der Waals surface area contributed by atoms with Crippen molar-refractivity contribution >= 4 is 11.3 Å². The van der Waals surface area contributed by atoms with Crippen LogP contribution in [0.5, 0.6) is 0 Å². The molecule has 0 bridgehead atoms. The highest BCUT2D eigenvalue weighted by molar-refractivity contribution is 7.08. The van der Waals surface area contributed by atoms with Crippen LogP contribution < -0.4 is 0 Å². The van der Waals surface area contributed by atoms with Crippen molar-refractivity contribution in [1.29, 1.82) is 0 Å². The third-order valence-electron chi connectivity index (χ3n) is 4.13. The minimum Gasteiger partial charge on any atom is -0.382 e. The molecule has 1 unspecified atom stereocenters. The van der Waals surface area contributed by atoms with Crippen molar-refractivity contribution in [2.75, 3.05) is 0 Å². The highest BCUT2D eigenvalue weighted by Crippen LogP contribution is 2.23. The average molecular weight is 347 g/mol. The van der Waals surface area contributed by atoms with Crippen LogP contribution in [0.3, 0.4) is 0 Å². The first-order valence-electron chi connectivity index (χ1n) is 8.02. The van der Waals surface area contributed by atoms with Crippen LogP contribution in [0.2, 0.25) is 0 Å². The van der Waals surface area contributed by atoms with Gasteiger partial charge < -0.3 is 9.67 Å². The van der Waals surface area contributed by atoms with Gasteiger partial charge in [0.15, 0.2) is 0 Å². The van der Waals surface area contributed by atoms with Crippen LogP contribution >= 0.6 is 11.3 Å². The Balaban J connectivity index is 1.55. The molecule has 3 heterocycles. The number of rotatable bonds is 5. The van der Waals surface area contributed by atoms with Gasteiger partial charge in [0, 0.05) is 17.1 Å². The largest absolute Gasteiger partial charge is 0.382 e. The number of nitrogens with zero attached hydrogens (tertiary/aromatic N) is 3. The van der Waals surface area contributed by atoms with E-state index < -0.39 is 6.10 Å². The number of pyridine rings is 1. The van der Waals surface area contributed by atoms with E-state index >= 15 is 0 Å². The smallest absolute Gasteiger partial charge is 0.121 e. The van der Waals surface area contributed by atoms with Gasteiger partial charge in [-0.1, -0.05) is 36.4 Å². The molecule has 25 heavy (non-hydrogen) atoms. The lowest BCUT2D eigenvalue weighted by atomic mass is 10.1. The SMILES string of the molecule is OC(c1ccccc1)c1cncn1Cc1ccc(-c2ccsc2)nc1. The van der Waals surface area contributed by atoms with Crippen molar-refractivity contribution in [2.24, 2.45) is 0 Å². The number of imidazole rings is 1. The zero-order valence-corrected chi connectivity index (χ0v) is 14.3. The summed E-state index contributed by atoms with van der Waals surface area (Å²) in [6, 6.07) is 15.8. The molecule has 1 N–H and O–H groups in total. The quantitative estimate of drug-likeness (QED) is 0.590. The van der Waals surface area contributed by atoms with Crippen molar-refractivity contribution in [3.63, 3.8) is 0 Å². The van der Waals surface area contributed by atoms with Gasteiger partial charge in [-0.15, -0.1) is 0 Å². The summed E-state index contributed by atoms with van der Waals surface area (Å²) >= 11 is 1.67. The van der Waals surface area contributed by atoms with Gasteiger partial charge in [0.2, 0.25) is 0 Å². The Labute approximate surface area is 150 Å². The van der Waals surface area contributed by atoms with Crippen molar-refractivity contribution in [3.05, 3.63) is 94.8 Å². The molecular weight excluding hydrogens is 330 g/mol. The van der Waals surface area contributed by atoms with Gasteiger partial charge in [-0.25, -0.2) is 4.98 Å². The molecule has 1 atom stereocenters. The van der Waals surface area contributed by atoms with E-state index in [9.17, 15) is 5.11 Å². The Kier molecular flexibility index (Phi) is 4.41. The van der Waals surface area contributed by atoms with Crippen LogP contribution in [0.1, 0.15) is 22.9 Å². The Morgan fingerprint density at radius 2 is 1.92 bits per heavy atom. The molecule has 0 saturated heterocycles. The van der Waals surface area contributed by atoms with Gasteiger partial charge in [-0.3, -0.25) is 4.98 Å². The zero-order valence-electron chi connectivity index (χ0n) is 13.5. The molecule has 0 saturated carbocycles. The first-order chi connectivity index (χ1) is 12.3.